The Labute approximate surface area is 169 Å². The zero-order valence-corrected chi connectivity index (χ0v) is 15.9. The molecule has 3 rings (SSSR count). The minimum absolute atomic E-state index is 0.268. The Balaban J connectivity index is 1.80. The van der Waals surface area contributed by atoms with Gasteiger partial charge in [0.25, 0.3) is 5.56 Å². The minimum atomic E-state index is -4.46. The summed E-state index contributed by atoms with van der Waals surface area (Å²) in [6.45, 7) is -0.363. The van der Waals surface area contributed by atoms with Crippen LogP contribution < -0.4 is 10.5 Å². The number of anilines is 1. The van der Waals surface area contributed by atoms with Gasteiger partial charge in [-0.2, -0.15) is 18.3 Å². The molecule has 5 nitrogen and oxygen atoms in total. The van der Waals surface area contributed by atoms with Crippen molar-refractivity contribution in [1.82, 2.24) is 9.78 Å². The summed E-state index contributed by atoms with van der Waals surface area (Å²) in [7, 11) is 1.42. The van der Waals surface area contributed by atoms with Gasteiger partial charge in [-0.05, 0) is 42.5 Å². The number of alkyl halides is 3. The number of carbonyl (C=O) groups is 1. The molecule has 9 heteroatoms. The summed E-state index contributed by atoms with van der Waals surface area (Å²) in [5, 5.41) is 4.75. The maximum Gasteiger partial charge on any atom is 0.416 e. The lowest BCUT2D eigenvalue weighted by Gasteiger charge is -2.18. The molecule has 0 bridgehead atoms. The first-order valence-electron chi connectivity index (χ1n) is 8.43. The van der Waals surface area contributed by atoms with Crippen LogP contribution in [0.25, 0.3) is 11.3 Å². The normalized spacial score (nSPS) is 11.3. The fourth-order valence-corrected chi connectivity index (χ4v) is 2.71. The molecule has 0 unspecified atom stereocenters. The summed E-state index contributed by atoms with van der Waals surface area (Å²) in [5.41, 5.74) is 0.176. The molecular weight excluding hydrogens is 407 g/mol. The van der Waals surface area contributed by atoms with E-state index in [1.54, 1.807) is 24.3 Å². The lowest BCUT2D eigenvalue weighted by atomic mass is 10.1. The van der Waals surface area contributed by atoms with E-state index in [0.29, 0.717) is 16.3 Å². The second-order valence-corrected chi connectivity index (χ2v) is 6.66. The van der Waals surface area contributed by atoms with Crippen LogP contribution in [0.4, 0.5) is 18.9 Å². The van der Waals surface area contributed by atoms with Crippen molar-refractivity contribution < 1.29 is 18.0 Å². The fourth-order valence-electron chi connectivity index (χ4n) is 2.59. The Hall–Kier alpha value is -3.13. The van der Waals surface area contributed by atoms with E-state index in [2.05, 4.69) is 5.10 Å². The highest BCUT2D eigenvalue weighted by Crippen LogP contribution is 2.30. The first-order chi connectivity index (χ1) is 13.6. The van der Waals surface area contributed by atoms with E-state index < -0.39 is 23.2 Å². The van der Waals surface area contributed by atoms with E-state index in [-0.39, 0.29) is 12.2 Å². The SMILES string of the molecule is CN(C(=O)Cn1nc(-c2ccc(Cl)cc2)ccc1=O)c1ccc(C(F)(F)F)cc1. The van der Waals surface area contributed by atoms with Crippen LogP contribution in [0, 0.1) is 0 Å². The van der Waals surface area contributed by atoms with Gasteiger partial charge in [-0.3, -0.25) is 9.59 Å². The fraction of sp³-hybridized carbons (Fsp3) is 0.150. The zero-order valence-electron chi connectivity index (χ0n) is 15.2. The van der Waals surface area contributed by atoms with Crippen molar-refractivity contribution in [2.45, 2.75) is 12.7 Å². The lowest BCUT2D eigenvalue weighted by Crippen LogP contribution is -2.35. The predicted octanol–water partition coefficient (Wildman–Crippen LogP) is 4.25. The van der Waals surface area contributed by atoms with Crippen molar-refractivity contribution in [1.29, 1.82) is 0 Å². The van der Waals surface area contributed by atoms with Crippen LogP contribution in [0.15, 0.2) is 65.5 Å². The summed E-state index contributed by atoms with van der Waals surface area (Å²) in [6.07, 6.45) is -4.46. The molecule has 0 aliphatic rings. The van der Waals surface area contributed by atoms with E-state index >= 15 is 0 Å². The molecule has 0 saturated heterocycles. The van der Waals surface area contributed by atoms with E-state index in [9.17, 15) is 22.8 Å². The van der Waals surface area contributed by atoms with Crippen LogP contribution in [-0.2, 0) is 17.5 Å². The number of rotatable bonds is 4. The first-order valence-corrected chi connectivity index (χ1v) is 8.81. The molecule has 1 heterocycles. The third kappa shape index (κ3) is 4.83. The van der Waals surface area contributed by atoms with Crippen molar-refractivity contribution in [3.8, 4) is 11.3 Å². The minimum Gasteiger partial charge on any atom is -0.314 e. The largest absolute Gasteiger partial charge is 0.416 e. The molecule has 0 aliphatic heterocycles. The molecule has 1 aromatic heterocycles. The molecular formula is C20H15ClF3N3O2. The number of aromatic nitrogens is 2. The number of halogens is 4. The van der Waals surface area contributed by atoms with Crippen molar-refractivity contribution in [2.75, 3.05) is 11.9 Å². The van der Waals surface area contributed by atoms with Crippen molar-refractivity contribution >= 4 is 23.2 Å². The molecule has 0 aliphatic carbocycles. The summed E-state index contributed by atoms with van der Waals surface area (Å²) in [4.78, 5) is 25.8. The quantitative estimate of drug-likeness (QED) is 0.633. The summed E-state index contributed by atoms with van der Waals surface area (Å²) >= 11 is 5.86. The molecule has 2 aromatic carbocycles. The van der Waals surface area contributed by atoms with E-state index in [1.807, 2.05) is 0 Å². The standard InChI is InChI=1S/C20H15ClF3N3O2/c1-26(16-8-4-14(5-9-16)20(22,23)24)19(29)12-27-18(28)11-10-17(25-27)13-2-6-15(21)7-3-13/h2-11H,12H2,1H3. The maximum atomic E-state index is 12.7. The van der Waals surface area contributed by atoms with Gasteiger partial charge in [0, 0.05) is 29.4 Å². The van der Waals surface area contributed by atoms with Gasteiger partial charge in [-0.25, -0.2) is 4.68 Å². The molecule has 0 N–H and O–H groups in total. The number of carbonyl (C=O) groups excluding carboxylic acids is 1. The Morgan fingerprint density at radius 1 is 1.03 bits per heavy atom. The molecule has 0 fully saturated rings. The number of nitrogens with zero attached hydrogens (tertiary/aromatic N) is 3. The highest BCUT2D eigenvalue weighted by atomic mass is 35.5. The summed E-state index contributed by atoms with van der Waals surface area (Å²) in [6, 6.07) is 13.8. The van der Waals surface area contributed by atoms with Gasteiger partial charge in [0.1, 0.15) is 6.54 Å². The van der Waals surface area contributed by atoms with Gasteiger partial charge < -0.3 is 4.90 Å². The zero-order chi connectivity index (χ0) is 21.2. The molecule has 29 heavy (non-hydrogen) atoms. The van der Waals surface area contributed by atoms with Crippen LogP contribution in [0.2, 0.25) is 5.02 Å². The average Bonchev–Trinajstić information content (AvgIpc) is 2.69. The molecule has 150 valence electrons. The van der Waals surface area contributed by atoms with Crippen molar-refractivity contribution in [3.63, 3.8) is 0 Å². The van der Waals surface area contributed by atoms with E-state index in [0.717, 1.165) is 16.8 Å². The predicted molar refractivity (Wildman–Crippen MR) is 104 cm³/mol. The first kappa shape index (κ1) is 20.6. The molecule has 0 radical (unpaired) electrons. The van der Waals surface area contributed by atoms with Crippen LogP contribution in [-0.4, -0.2) is 22.7 Å². The smallest absolute Gasteiger partial charge is 0.314 e. The van der Waals surface area contributed by atoms with Crippen LogP contribution >= 0.6 is 11.6 Å². The number of hydrogen-bond acceptors (Lipinski definition) is 3. The second-order valence-electron chi connectivity index (χ2n) is 6.22. The van der Waals surface area contributed by atoms with Crippen LogP contribution in [0.1, 0.15) is 5.56 Å². The van der Waals surface area contributed by atoms with Gasteiger partial charge in [-0.1, -0.05) is 23.7 Å². The van der Waals surface area contributed by atoms with Gasteiger partial charge in [-0.15, -0.1) is 0 Å². The van der Waals surface area contributed by atoms with Crippen molar-refractivity contribution in [2.24, 2.45) is 0 Å². The highest BCUT2D eigenvalue weighted by Gasteiger charge is 2.30. The van der Waals surface area contributed by atoms with Crippen LogP contribution in [0.3, 0.4) is 0 Å². The van der Waals surface area contributed by atoms with E-state index in [4.69, 9.17) is 11.6 Å². The molecule has 3 aromatic rings. The van der Waals surface area contributed by atoms with Gasteiger partial charge >= 0.3 is 6.18 Å². The average molecular weight is 422 g/mol. The molecule has 0 saturated carbocycles. The molecule has 1 amide bonds. The van der Waals surface area contributed by atoms with E-state index in [1.165, 1.54) is 36.2 Å². The monoisotopic (exact) mass is 421 g/mol. The second kappa shape index (κ2) is 8.08. The third-order valence-electron chi connectivity index (χ3n) is 4.25. The van der Waals surface area contributed by atoms with Gasteiger partial charge in [0.15, 0.2) is 0 Å². The summed E-state index contributed by atoms with van der Waals surface area (Å²) in [5.74, 6) is -0.507. The Bertz CT molecular complexity index is 1080. The lowest BCUT2D eigenvalue weighted by molar-refractivity contribution is -0.137. The number of benzene rings is 2. The van der Waals surface area contributed by atoms with Crippen molar-refractivity contribution in [3.05, 3.63) is 81.6 Å². The van der Waals surface area contributed by atoms with Gasteiger partial charge in [0.2, 0.25) is 5.91 Å². The highest BCUT2D eigenvalue weighted by molar-refractivity contribution is 6.30. The maximum absolute atomic E-state index is 12.7. The Morgan fingerprint density at radius 3 is 2.24 bits per heavy atom. The number of amides is 1. The molecule has 0 spiro atoms. The topological polar surface area (TPSA) is 55.2 Å². The number of likely N-dealkylation sites (N-methyl/N-ethyl adjacent to an activating group) is 1. The Kier molecular flexibility index (Phi) is 5.74. The van der Waals surface area contributed by atoms with Gasteiger partial charge in [0.05, 0.1) is 11.3 Å². The third-order valence-corrected chi connectivity index (χ3v) is 4.50. The Morgan fingerprint density at radius 2 is 1.66 bits per heavy atom. The van der Waals surface area contributed by atoms with Crippen LogP contribution in [0.5, 0.6) is 0 Å². The number of hydrogen-bond donors (Lipinski definition) is 0. The molecule has 0 atom stereocenters. The summed E-state index contributed by atoms with van der Waals surface area (Å²) < 4.78 is 39.0.